The second kappa shape index (κ2) is 4.97. The summed E-state index contributed by atoms with van der Waals surface area (Å²) in [5, 5.41) is 0.858. The Morgan fingerprint density at radius 2 is 2.06 bits per heavy atom. The van der Waals surface area contributed by atoms with Gasteiger partial charge in [0.05, 0.1) is 6.61 Å². The second-order valence-corrected chi connectivity index (χ2v) is 6.59. The van der Waals surface area contributed by atoms with Gasteiger partial charge in [-0.15, -0.1) is 0 Å². The maximum absolute atomic E-state index is 6.33. The highest BCUT2D eigenvalue weighted by atomic mass is 35.5. The minimum Gasteiger partial charge on any atom is -0.493 e. The lowest BCUT2D eigenvalue weighted by Crippen LogP contribution is -2.17. The molecular weight excluding hydrogens is 244 g/mol. The lowest BCUT2D eigenvalue weighted by atomic mass is 9.79. The van der Waals surface area contributed by atoms with E-state index in [-0.39, 0.29) is 5.41 Å². The highest BCUT2D eigenvalue weighted by molar-refractivity contribution is 6.49. The van der Waals surface area contributed by atoms with E-state index in [0.717, 1.165) is 29.4 Å². The van der Waals surface area contributed by atoms with Crippen molar-refractivity contribution in [2.75, 3.05) is 6.61 Å². The zero-order valence-electron chi connectivity index (χ0n) is 11.6. The van der Waals surface area contributed by atoms with Crippen molar-refractivity contribution in [1.82, 2.24) is 0 Å². The molecule has 0 aromatic heterocycles. The summed E-state index contributed by atoms with van der Waals surface area (Å²) in [6.07, 6.45) is 3.16. The molecule has 1 aromatic carbocycles. The van der Waals surface area contributed by atoms with Crippen molar-refractivity contribution < 1.29 is 4.74 Å². The molecule has 0 aliphatic heterocycles. The Morgan fingerprint density at radius 1 is 1.33 bits per heavy atom. The molecule has 1 aliphatic rings. The molecule has 0 heterocycles. The van der Waals surface area contributed by atoms with Gasteiger partial charge in [0.25, 0.3) is 0 Å². The van der Waals surface area contributed by atoms with E-state index >= 15 is 0 Å². The molecular formula is C16H21ClO. The number of fused-ring (bicyclic) bond motifs is 1. The van der Waals surface area contributed by atoms with E-state index in [4.69, 9.17) is 16.3 Å². The van der Waals surface area contributed by atoms with Crippen LogP contribution in [0, 0.1) is 11.3 Å². The fourth-order valence-corrected chi connectivity index (χ4v) is 2.74. The summed E-state index contributed by atoms with van der Waals surface area (Å²) >= 11 is 6.33. The third kappa shape index (κ3) is 3.08. The van der Waals surface area contributed by atoms with Gasteiger partial charge in [0.2, 0.25) is 0 Å². The van der Waals surface area contributed by atoms with E-state index in [1.165, 1.54) is 5.56 Å². The predicted molar refractivity (Wildman–Crippen MR) is 78.1 cm³/mol. The SMILES string of the molecule is CC(C)COc1ccc2c(c1)CC(C)(C)C=C2Cl. The molecule has 0 bridgehead atoms. The fourth-order valence-electron chi connectivity index (χ4n) is 2.26. The Bertz CT molecular complexity index is 472. The quantitative estimate of drug-likeness (QED) is 0.756. The summed E-state index contributed by atoms with van der Waals surface area (Å²) in [5.41, 5.74) is 2.56. The van der Waals surface area contributed by atoms with Crippen LogP contribution in [0.15, 0.2) is 24.3 Å². The fraction of sp³-hybridized carbons (Fsp3) is 0.500. The van der Waals surface area contributed by atoms with Gasteiger partial charge < -0.3 is 4.74 Å². The summed E-state index contributed by atoms with van der Waals surface area (Å²) in [6, 6.07) is 6.21. The topological polar surface area (TPSA) is 9.23 Å². The molecule has 0 fully saturated rings. The normalized spacial score (nSPS) is 17.3. The van der Waals surface area contributed by atoms with Crippen LogP contribution in [0.3, 0.4) is 0 Å². The van der Waals surface area contributed by atoms with Crippen LogP contribution >= 0.6 is 11.6 Å². The van der Waals surface area contributed by atoms with Crippen LogP contribution < -0.4 is 4.74 Å². The third-order valence-corrected chi connectivity index (χ3v) is 3.39. The van der Waals surface area contributed by atoms with Gasteiger partial charge in [-0.05, 0) is 47.1 Å². The van der Waals surface area contributed by atoms with Gasteiger partial charge in [-0.3, -0.25) is 0 Å². The first kappa shape index (κ1) is 13.5. The minimum absolute atomic E-state index is 0.126. The molecule has 0 saturated carbocycles. The van der Waals surface area contributed by atoms with Crippen molar-refractivity contribution in [1.29, 1.82) is 0 Å². The maximum Gasteiger partial charge on any atom is 0.119 e. The molecule has 98 valence electrons. The standard InChI is InChI=1S/C16H21ClO/c1-11(2)10-18-13-5-6-14-12(7-13)8-16(3,4)9-15(14)17/h5-7,9,11H,8,10H2,1-4H3. The predicted octanol–water partition coefficient (Wildman–Crippen LogP) is 4.88. The average molecular weight is 265 g/mol. The molecule has 1 aliphatic carbocycles. The monoisotopic (exact) mass is 264 g/mol. The van der Waals surface area contributed by atoms with Gasteiger partial charge >= 0.3 is 0 Å². The van der Waals surface area contributed by atoms with Crippen LogP contribution in [0.2, 0.25) is 0 Å². The summed E-state index contributed by atoms with van der Waals surface area (Å²) in [7, 11) is 0. The first-order chi connectivity index (χ1) is 8.37. The summed E-state index contributed by atoms with van der Waals surface area (Å²) in [4.78, 5) is 0. The maximum atomic E-state index is 6.33. The molecule has 1 aromatic rings. The van der Waals surface area contributed by atoms with Gasteiger partial charge in [-0.1, -0.05) is 45.4 Å². The zero-order chi connectivity index (χ0) is 13.3. The summed E-state index contributed by atoms with van der Waals surface area (Å²) in [6.45, 7) is 9.48. The minimum atomic E-state index is 0.126. The van der Waals surface area contributed by atoms with E-state index in [1.54, 1.807) is 0 Å². The van der Waals surface area contributed by atoms with Crippen molar-refractivity contribution >= 4 is 16.6 Å². The lowest BCUT2D eigenvalue weighted by Gasteiger charge is -2.28. The van der Waals surface area contributed by atoms with E-state index in [1.807, 2.05) is 6.07 Å². The number of allylic oxidation sites excluding steroid dienone is 1. The van der Waals surface area contributed by atoms with Crippen LogP contribution in [0.4, 0.5) is 0 Å². The highest BCUT2D eigenvalue weighted by Gasteiger charge is 2.24. The number of hydrogen-bond acceptors (Lipinski definition) is 1. The number of rotatable bonds is 3. The molecule has 0 radical (unpaired) electrons. The number of halogens is 1. The molecule has 0 N–H and O–H groups in total. The number of hydrogen-bond donors (Lipinski definition) is 0. The average Bonchev–Trinajstić information content (AvgIpc) is 2.24. The second-order valence-electron chi connectivity index (χ2n) is 6.18. The molecule has 0 atom stereocenters. The number of benzene rings is 1. The van der Waals surface area contributed by atoms with Gasteiger partial charge in [0.15, 0.2) is 0 Å². The van der Waals surface area contributed by atoms with Gasteiger partial charge in [-0.2, -0.15) is 0 Å². The first-order valence-corrected chi connectivity index (χ1v) is 6.90. The van der Waals surface area contributed by atoms with Crippen LogP contribution in [-0.2, 0) is 6.42 Å². The largest absolute Gasteiger partial charge is 0.493 e. The van der Waals surface area contributed by atoms with Crippen molar-refractivity contribution in [3.05, 3.63) is 35.4 Å². The van der Waals surface area contributed by atoms with Gasteiger partial charge in [0, 0.05) is 5.03 Å². The van der Waals surface area contributed by atoms with E-state index in [9.17, 15) is 0 Å². The van der Waals surface area contributed by atoms with Crippen LogP contribution in [0.25, 0.3) is 5.03 Å². The number of ether oxygens (including phenoxy) is 1. The molecule has 0 saturated heterocycles. The molecule has 1 nitrogen and oxygen atoms in total. The van der Waals surface area contributed by atoms with E-state index in [0.29, 0.717) is 5.92 Å². The Hall–Kier alpha value is -0.950. The molecule has 18 heavy (non-hydrogen) atoms. The highest BCUT2D eigenvalue weighted by Crippen LogP contribution is 2.39. The van der Waals surface area contributed by atoms with Crippen LogP contribution in [-0.4, -0.2) is 6.61 Å². The van der Waals surface area contributed by atoms with Crippen molar-refractivity contribution in [2.24, 2.45) is 11.3 Å². The summed E-state index contributed by atoms with van der Waals surface area (Å²) < 4.78 is 5.77. The van der Waals surface area contributed by atoms with E-state index < -0.39 is 0 Å². The Labute approximate surface area is 115 Å². The zero-order valence-corrected chi connectivity index (χ0v) is 12.3. The van der Waals surface area contributed by atoms with Crippen molar-refractivity contribution in [3.8, 4) is 5.75 Å². The first-order valence-electron chi connectivity index (χ1n) is 6.52. The van der Waals surface area contributed by atoms with Crippen molar-refractivity contribution in [3.63, 3.8) is 0 Å². The van der Waals surface area contributed by atoms with Gasteiger partial charge in [0.1, 0.15) is 5.75 Å². The van der Waals surface area contributed by atoms with Crippen LogP contribution in [0.1, 0.15) is 38.8 Å². The molecule has 2 heteroatoms. The summed E-state index contributed by atoms with van der Waals surface area (Å²) in [5.74, 6) is 1.49. The molecule has 0 unspecified atom stereocenters. The Balaban J connectivity index is 2.25. The van der Waals surface area contributed by atoms with E-state index in [2.05, 4.69) is 45.9 Å². The molecule has 0 spiro atoms. The van der Waals surface area contributed by atoms with Crippen molar-refractivity contribution in [2.45, 2.75) is 34.1 Å². The smallest absolute Gasteiger partial charge is 0.119 e. The molecule has 2 rings (SSSR count). The Morgan fingerprint density at radius 3 is 2.72 bits per heavy atom. The third-order valence-electron chi connectivity index (χ3n) is 3.08. The van der Waals surface area contributed by atoms with Crippen LogP contribution in [0.5, 0.6) is 5.75 Å². The Kier molecular flexibility index (Phi) is 3.72. The van der Waals surface area contributed by atoms with Gasteiger partial charge in [-0.25, -0.2) is 0 Å². The molecule has 0 amide bonds. The lowest BCUT2D eigenvalue weighted by molar-refractivity contribution is 0.270.